The zero-order chi connectivity index (χ0) is 35.6. The Hall–Kier alpha value is -7.02. The summed E-state index contributed by atoms with van der Waals surface area (Å²) >= 11 is 1.83. The first-order chi connectivity index (χ1) is 26.7. The van der Waals surface area contributed by atoms with Crippen molar-refractivity contribution in [1.82, 2.24) is 19.9 Å². The van der Waals surface area contributed by atoms with E-state index in [0.29, 0.717) is 23.2 Å². The Morgan fingerprint density at radius 3 is 1.78 bits per heavy atom. The van der Waals surface area contributed by atoms with Gasteiger partial charge in [0.2, 0.25) is 5.71 Å². The molecule has 11 rings (SSSR count). The molecule has 4 heterocycles. The van der Waals surface area contributed by atoms with E-state index in [1.54, 1.807) is 0 Å². The quantitative estimate of drug-likeness (QED) is 0.178. The Kier molecular flexibility index (Phi) is 6.97. The van der Waals surface area contributed by atoms with Gasteiger partial charge in [0.15, 0.2) is 17.5 Å². The van der Waals surface area contributed by atoms with Crippen molar-refractivity contribution in [2.24, 2.45) is 0 Å². The summed E-state index contributed by atoms with van der Waals surface area (Å²) in [6.07, 6.45) is 0. The Morgan fingerprint density at radius 1 is 0.389 bits per heavy atom. The van der Waals surface area contributed by atoms with Crippen molar-refractivity contribution in [3.63, 3.8) is 0 Å². The van der Waals surface area contributed by atoms with E-state index < -0.39 is 0 Å². The molecular formula is C48H28N4OS. The molecule has 0 N–H and O–H groups in total. The van der Waals surface area contributed by atoms with Gasteiger partial charge in [0.05, 0.1) is 11.1 Å². The molecule has 0 radical (unpaired) electrons. The van der Waals surface area contributed by atoms with Crippen LogP contribution in [0.3, 0.4) is 0 Å². The highest BCUT2D eigenvalue weighted by atomic mass is 32.1. The fourth-order valence-electron chi connectivity index (χ4n) is 7.59. The highest BCUT2D eigenvalue weighted by molar-refractivity contribution is 7.26. The lowest BCUT2D eigenvalue weighted by Gasteiger charge is -2.11. The van der Waals surface area contributed by atoms with Crippen molar-refractivity contribution in [3.05, 3.63) is 170 Å². The van der Waals surface area contributed by atoms with Crippen molar-refractivity contribution < 1.29 is 4.42 Å². The number of thiophene rings is 1. The first kappa shape index (κ1) is 30.6. The minimum atomic E-state index is 0.605. The standard InChI is InChI=1S/C48H28N4OS/c1-2-12-30(13-3-1)45-50-46(52-47(51-45)33-15-10-14-32(28-33)34-20-11-21-38-35-16-7-9-23-41(35)54-44(34)38)31-26-24-29(25-27-31)43-37-18-5-4-17-36(37)42-39-19-6-8-22-40(39)53-48(42)49-43/h1-28H. The highest BCUT2D eigenvalue weighted by Gasteiger charge is 2.18. The van der Waals surface area contributed by atoms with Crippen LogP contribution in [0.2, 0.25) is 0 Å². The minimum absolute atomic E-state index is 0.605. The summed E-state index contributed by atoms with van der Waals surface area (Å²) in [6.45, 7) is 0. The molecule has 0 bridgehead atoms. The van der Waals surface area contributed by atoms with E-state index in [-0.39, 0.29) is 0 Å². The van der Waals surface area contributed by atoms with Crippen molar-refractivity contribution in [2.45, 2.75) is 0 Å². The number of furan rings is 1. The molecule has 0 saturated heterocycles. The Labute approximate surface area is 313 Å². The Morgan fingerprint density at radius 2 is 0.963 bits per heavy atom. The van der Waals surface area contributed by atoms with Gasteiger partial charge in [-0.1, -0.05) is 152 Å². The second-order valence-electron chi connectivity index (χ2n) is 13.4. The maximum Gasteiger partial charge on any atom is 0.228 e. The summed E-state index contributed by atoms with van der Waals surface area (Å²) in [5, 5.41) is 6.86. The number of hydrogen-bond donors (Lipinski definition) is 0. The Balaban J connectivity index is 1.03. The molecule has 0 fully saturated rings. The van der Waals surface area contributed by atoms with Gasteiger partial charge in [0.1, 0.15) is 5.58 Å². The molecule has 6 heteroatoms. The van der Waals surface area contributed by atoms with Gasteiger partial charge in [-0.3, -0.25) is 0 Å². The molecule has 5 nitrogen and oxygen atoms in total. The average molecular weight is 709 g/mol. The molecule has 0 spiro atoms. The third-order valence-electron chi connectivity index (χ3n) is 10.2. The predicted molar refractivity (Wildman–Crippen MR) is 222 cm³/mol. The van der Waals surface area contributed by atoms with Crippen LogP contribution in [0.25, 0.3) is 110 Å². The average Bonchev–Trinajstić information content (AvgIpc) is 3.82. The second-order valence-corrected chi connectivity index (χ2v) is 14.4. The second kappa shape index (κ2) is 12.3. The Bertz CT molecular complexity index is 3220. The van der Waals surface area contributed by atoms with E-state index in [4.69, 9.17) is 24.4 Å². The topological polar surface area (TPSA) is 64.7 Å². The lowest BCUT2D eigenvalue weighted by molar-refractivity contribution is 0.655. The summed E-state index contributed by atoms with van der Waals surface area (Å²) in [5.41, 5.74) is 8.39. The highest BCUT2D eigenvalue weighted by Crippen LogP contribution is 2.41. The lowest BCUT2D eigenvalue weighted by atomic mass is 9.99. The zero-order valence-electron chi connectivity index (χ0n) is 28.8. The lowest BCUT2D eigenvalue weighted by Crippen LogP contribution is -2.00. The van der Waals surface area contributed by atoms with Crippen LogP contribution in [-0.4, -0.2) is 19.9 Å². The zero-order valence-corrected chi connectivity index (χ0v) is 29.6. The van der Waals surface area contributed by atoms with E-state index >= 15 is 0 Å². The number of rotatable bonds is 5. The third-order valence-corrected chi connectivity index (χ3v) is 11.4. The summed E-state index contributed by atoms with van der Waals surface area (Å²) in [7, 11) is 0. The van der Waals surface area contributed by atoms with E-state index in [9.17, 15) is 0 Å². The number of benzene rings is 7. The van der Waals surface area contributed by atoms with E-state index in [2.05, 4.69) is 121 Å². The van der Waals surface area contributed by atoms with Crippen LogP contribution in [0.15, 0.2) is 174 Å². The maximum atomic E-state index is 6.26. The van der Waals surface area contributed by atoms with Gasteiger partial charge in [-0.15, -0.1) is 11.3 Å². The smallest absolute Gasteiger partial charge is 0.228 e. The molecule has 54 heavy (non-hydrogen) atoms. The number of nitrogens with zero attached hydrogens (tertiary/aromatic N) is 4. The van der Waals surface area contributed by atoms with Crippen LogP contribution in [-0.2, 0) is 0 Å². The molecule has 0 amide bonds. The number of pyridine rings is 1. The SMILES string of the molecule is c1ccc(-c2nc(-c3ccc(-c4nc5oc6ccccc6c5c5ccccc45)cc3)nc(-c3cccc(-c4cccc5c4sc4ccccc45)c3)n2)cc1. The van der Waals surface area contributed by atoms with Gasteiger partial charge in [-0.25, -0.2) is 19.9 Å². The van der Waals surface area contributed by atoms with E-state index in [0.717, 1.165) is 60.6 Å². The van der Waals surface area contributed by atoms with Gasteiger partial charge >= 0.3 is 0 Å². The monoisotopic (exact) mass is 708 g/mol. The van der Waals surface area contributed by atoms with Crippen molar-refractivity contribution in [3.8, 4) is 56.5 Å². The summed E-state index contributed by atoms with van der Waals surface area (Å²) in [4.78, 5) is 20.2. The van der Waals surface area contributed by atoms with Crippen LogP contribution in [0.4, 0.5) is 0 Å². The van der Waals surface area contributed by atoms with Gasteiger partial charge in [-0.2, -0.15) is 0 Å². The molecule has 0 saturated carbocycles. The van der Waals surface area contributed by atoms with Gasteiger partial charge in [0.25, 0.3) is 0 Å². The first-order valence-corrected chi connectivity index (χ1v) is 18.7. The van der Waals surface area contributed by atoms with Gasteiger partial charge in [0, 0.05) is 53.2 Å². The molecule has 4 aromatic heterocycles. The van der Waals surface area contributed by atoms with Gasteiger partial charge in [-0.05, 0) is 34.7 Å². The fourth-order valence-corrected chi connectivity index (χ4v) is 8.83. The molecule has 0 unspecified atom stereocenters. The summed E-state index contributed by atoms with van der Waals surface area (Å²) < 4.78 is 8.82. The fraction of sp³-hybridized carbons (Fsp3) is 0. The van der Waals surface area contributed by atoms with Crippen molar-refractivity contribution in [2.75, 3.05) is 0 Å². The third kappa shape index (κ3) is 4.99. The van der Waals surface area contributed by atoms with E-state index in [1.807, 2.05) is 59.9 Å². The number of hydrogen-bond acceptors (Lipinski definition) is 6. The normalized spacial score (nSPS) is 11.7. The molecule has 7 aromatic carbocycles. The minimum Gasteiger partial charge on any atom is -0.438 e. The molecule has 0 aliphatic carbocycles. The molecule has 0 aliphatic rings. The van der Waals surface area contributed by atoms with Crippen LogP contribution < -0.4 is 0 Å². The molecule has 11 aromatic rings. The van der Waals surface area contributed by atoms with Crippen molar-refractivity contribution >= 4 is 64.4 Å². The first-order valence-electron chi connectivity index (χ1n) is 17.9. The summed E-state index contributed by atoms with van der Waals surface area (Å²) in [5.74, 6) is 1.85. The van der Waals surface area contributed by atoms with Crippen LogP contribution in [0.1, 0.15) is 0 Å². The number of para-hydroxylation sites is 1. The van der Waals surface area contributed by atoms with E-state index in [1.165, 1.54) is 25.7 Å². The van der Waals surface area contributed by atoms with Gasteiger partial charge < -0.3 is 4.42 Å². The van der Waals surface area contributed by atoms with Crippen LogP contribution >= 0.6 is 11.3 Å². The molecular weight excluding hydrogens is 681 g/mol. The van der Waals surface area contributed by atoms with Crippen molar-refractivity contribution in [1.29, 1.82) is 0 Å². The number of aromatic nitrogens is 4. The maximum absolute atomic E-state index is 6.26. The largest absolute Gasteiger partial charge is 0.438 e. The number of fused-ring (bicyclic) bond motifs is 8. The van der Waals surface area contributed by atoms with Crippen LogP contribution in [0.5, 0.6) is 0 Å². The molecule has 252 valence electrons. The summed E-state index contributed by atoms with van der Waals surface area (Å²) in [6, 6.07) is 58.7. The van der Waals surface area contributed by atoms with Crippen LogP contribution in [0, 0.1) is 0 Å². The molecule has 0 aliphatic heterocycles. The molecule has 0 atom stereocenters. The predicted octanol–water partition coefficient (Wildman–Crippen LogP) is 13.0.